The summed E-state index contributed by atoms with van der Waals surface area (Å²) in [6.07, 6.45) is 8.17. The van der Waals surface area contributed by atoms with E-state index in [1.54, 1.807) is 13.3 Å². The zero-order chi connectivity index (χ0) is 12.3. The molecule has 1 aromatic heterocycles. The SMILES string of the molecule is CCCn1ccnc1C(=O)CC1(OC)CCC1. The maximum Gasteiger partial charge on any atom is 0.201 e. The van der Waals surface area contributed by atoms with E-state index in [1.807, 2.05) is 10.8 Å². The Morgan fingerprint density at radius 1 is 1.59 bits per heavy atom. The van der Waals surface area contributed by atoms with Crippen molar-refractivity contribution in [2.75, 3.05) is 7.11 Å². The number of aromatic nitrogens is 2. The largest absolute Gasteiger partial charge is 0.378 e. The minimum absolute atomic E-state index is 0.102. The van der Waals surface area contributed by atoms with Gasteiger partial charge in [-0.1, -0.05) is 6.92 Å². The normalized spacial score (nSPS) is 17.8. The summed E-state index contributed by atoms with van der Waals surface area (Å²) in [5.74, 6) is 0.681. The molecule has 4 nitrogen and oxygen atoms in total. The molecule has 94 valence electrons. The van der Waals surface area contributed by atoms with Crippen LogP contribution in [0.3, 0.4) is 0 Å². The van der Waals surface area contributed by atoms with E-state index in [0.717, 1.165) is 32.2 Å². The smallest absolute Gasteiger partial charge is 0.201 e. The van der Waals surface area contributed by atoms with Gasteiger partial charge in [0.2, 0.25) is 5.78 Å². The van der Waals surface area contributed by atoms with Crippen LogP contribution in [0.4, 0.5) is 0 Å². The molecule has 0 unspecified atom stereocenters. The predicted molar refractivity (Wildman–Crippen MR) is 65.1 cm³/mol. The first-order valence-electron chi connectivity index (χ1n) is 6.30. The summed E-state index contributed by atoms with van der Waals surface area (Å²) in [7, 11) is 1.70. The number of ketones is 1. The van der Waals surface area contributed by atoms with Gasteiger partial charge < -0.3 is 9.30 Å². The summed E-state index contributed by atoms with van der Waals surface area (Å²) >= 11 is 0. The van der Waals surface area contributed by atoms with Crippen molar-refractivity contribution in [1.29, 1.82) is 0 Å². The van der Waals surface area contributed by atoms with Gasteiger partial charge in [0.15, 0.2) is 5.82 Å². The Hall–Kier alpha value is -1.16. The van der Waals surface area contributed by atoms with Crippen LogP contribution in [0.15, 0.2) is 12.4 Å². The molecule has 17 heavy (non-hydrogen) atoms. The highest BCUT2D eigenvalue weighted by atomic mass is 16.5. The van der Waals surface area contributed by atoms with Crippen LogP contribution in [0.2, 0.25) is 0 Å². The standard InChI is InChI=1S/C13H20N2O2/c1-3-8-15-9-7-14-12(15)11(16)10-13(17-2)5-4-6-13/h7,9H,3-6,8,10H2,1-2H3. The summed E-state index contributed by atoms with van der Waals surface area (Å²) < 4.78 is 7.42. The van der Waals surface area contributed by atoms with Gasteiger partial charge in [-0.2, -0.15) is 0 Å². The zero-order valence-electron chi connectivity index (χ0n) is 10.6. The highest BCUT2D eigenvalue weighted by molar-refractivity contribution is 5.93. The molecule has 2 rings (SSSR count). The summed E-state index contributed by atoms with van der Waals surface area (Å²) in [5.41, 5.74) is -0.208. The van der Waals surface area contributed by atoms with E-state index < -0.39 is 0 Å². The number of hydrogen-bond donors (Lipinski definition) is 0. The third kappa shape index (κ3) is 2.41. The molecule has 0 spiro atoms. The van der Waals surface area contributed by atoms with Crippen molar-refractivity contribution in [3.8, 4) is 0 Å². The lowest BCUT2D eigenvalue weighted by molar-refractivity contribution is -0.0706. The number of nitrogens with zero attached hydrogens (tertiary/aromatic N) is 2. The molecule has 0 saturated heterocycles. The number of rotatable bonds is 6. The number of Topliss-reactive ketones (excluding diaryl/α,β-unsaturated/α-hetero) is 1. The summed E-state index contributed by atoms with van der Waals surface area (Å²) in [6.45, 7) is 2.94. The quantitative estimate of drug-likeness (QED) is 0.712. The molecule has 1 aromatic rings. The highest BCUT2D eigenvalue weighted by Crippen LogP contribution is 2.38. The van der Waals surface area contributed by atoms with Gasteiger partial charge in [-0.3, -0.25) is 4.79 Å². The molecule has 0 aliphatic heterocycles. The molecule has 1 saturated carbocycles. The molecule has 0 N–H and O–H groups in total. The van der Waals surface area contributed by atoms with Gasteiger partial charge in [-0.05, 0) is 25.7 Å². The average molecular weight is 236 g/mol. The van der Waals surface area contributed by atoms with E-state index >= 15 is 0 Å². The molecule has 0 bridgehead atoms. The van der Waals surface area contributed by atoms with Crippen molar-refractivity contribution in [2.45, 2.75) is 51.2 Å². The fourth-order valence-electron chi connectivity index (χ4n) is 2.38. The minimum Gasteiger partial charge on any atom is -0.378 e. The van der Waals surface area contributed by atoms with E-state index in [9.17, 15) is 4.79 Å². The zero-order valence-corrected chi connectivity index (χ0v) is 10.6. The van der Waals surface area contributed by atoms with Crippen LogP contribution in [-0.2, 0) is 11.3 Å². The first kappa shape index (κ1) is 12.3. The fraction of sp³-hybridized carbons (Fsp3) is 0.692. The van der Waals surface area contributed by atoms with E-state index in [1.165, 1.54) is 0 Å². The molecule has 0 aromatic carbocycles. The van der Waals surface area contributed by atoms with Crippen molar-refractivity contribution in [1.82, 2.24) is 9.55 Å². The molecule has 4 heteroatoms. The lowest BCUT2D eigenvalue weighted by Crippen LogP contribution is -2.41. The third-order valence-corrected chi connectivity index (χ3v) is 3.61. The van der Waals surface area contributed by atoms with Gasteiger partial charge >= 0.3 is 0 Å². The monoisotopic (exact) mass is 236 g/mol. The Bertz CT molecular complexity index is 388. The summed E-state index contributed by atoms with van der Waals surface area (Å²) in [6, 6.07) is 0. The lowest BCUT2D eigenvalue weighted by Gasteiger charge is -2.39. The summed E-state index contributed by atoms with van der Waals surface area (Å²) in [4.78, 5) is 16.4. The Balaban J connectivity index is 2.06. The number of hydrogen-bond acceptors (Lipinski definition) is 3. The molecular formula is C13H20N2O2. The van der Waals surface area contributed by atoms with Crippen molar-refractivity contribution >= 4 is 5.78 Å². The Kier molecular flexibility index (Phi) is 3.62. The fourth-order valence-corrected chi connectivity index (χ4v) is 2.38. The molecule has 0 atom stereocenters. The van der Waals surface area contributed by atoms with E-state index in [0.29, 0.717) is 12.2 Å². The van der Waals surface area contributed by atoms with Gasteiger partial charge in [0.05, 0.1) is 5.60 Å². The van der Waals surface area contributed by atoms with Crippen molar-refractivity contribution in [2.24, 2.45) is 0 Å². The first-order valence-corrected chi connectivity index (χ1v) is 6.30. The Labute approximate surface area is 102 Å². The number of carbonyl (C=O) groups is 1. The van der Waals surface area contributed by atoms with Gasteiger partial charge in [-0.15, -0.1) is 0 Å². The van der Waals surface area contributed by atoms with Gasteiger partial charge in [0, 0.05) is 32.5 Å². The van der Waals surface area contributed by atoms with E-state index in [-0.39, 0.29) is 11.4 Å². The van der Waals surface area contributed by atoms with Gasteiger partial charge in [0.25, 0.3) is 0 Å². The predicted octanol–water partition coefficient (Wildman–Crippen LogP) is 2.44. The average Bonchev–Trinajstić information content (AvgIpc) is 2.72. The summed E-state index contributed by atoms with van der Waals surface area (Å²) in [5, 5.41) is 0. The van der Waals surface area contributed by atoms with Crippen LogP contribution in [0.1, 0.15) is 49.6 Å². The van der Waals surface area contributed by atoms with E-state index in [4.69, 9.17) is 4.74 Å². The van der Waals surface area contributed by atoms with Crippen LogP contribution in [-0.4, -0.2) is 28.0 Å². The Morgan fingerprint density at radius 3 is 2.88 bits per heavy atom. The van der Waals surface area contributed by atoms with E-state index in [2.05, 4.69) is 11.9 Å². The number of ether oxygens (including phenoxy) is 1. The maximum atomic E-state index is 12.2. The molecule has 0 amide bonds. The van der Waals surface area contributed by atoms with Crippen LogP contribution in [0, 0.1) is 0 Å². The van der Waals surface area contributed by atoms with Gasteiger partial charge in [-0.25, -0.2) is 4.98 Å². The number of carbonyl (C=O) groups excluding carboxylic acids is 1. The van der Waals surface area contributed by atoms with Crippen LogP contribution in [0.25, 0.3) is 0 Å². The molecule has 1 heterocycles. The van der Waals surface area contributed by atoms with Gasteiger partial charge in [0.1, 0.15) is 0 Å². The molecule has 1 aliphatic carbocycles. The van der Waals surface area contributed by atoms with Crippen LogP contribution in [0.5, 0.6) is 0 Å². The molecule has 0 radical (unpaired) electrons. The molecule has 1 fully saturated rings. The van der Waals surface area contributed by atoms with Crippen molar-refractivity contribution < 1.29 is 9.53 Å². The van der Waals surface area contributed by atoms with Crippen molar-refractivity contribution in [3.05, 3.63) is 18.2 Å². The topological polar surface area (TPSA) is 44.1 Å². The third-order valence-electron chi connectivity index (χ3n) is 3.61. The number of aryl methyl sites for hydroxylation is 1. The number of imidazole rings is 1. The van der Waals surface area contributed by atoms with Crippen molar-refractivity contribution in [3.63, 3.8) is 0 Å². The first-order chi connectivity index (χ1) is 8.21. The van der Waals surface area contributed by atoms with Crippen LogP contribution < -0.4 is 0 Å². The second kappa shape index (κ2) is 5.00. The number of methoxy groups -OCH3 is 1. The second-order valence-electron chi connectivity index (χ2n) is 4.78. The molecule has 1 aliphatic rings. The second-order valence-corrected chi connectivity index (χ2v) is 4.78. The van der Waals surface area contributed by atoms with Crippen LogP contribution >= 0.6 is 0 Å². The Morgan fingerprint density at radius 2 is 2.35 bits per heavy atom. The highest BCUT2D eigenvalue weighted by Gasteiger charge is 2.39. The maximum absolute atomic E-state index is 12.2. The molecular weight excluding hydrogens is 216 g/mol. The minimum atomic E-state index is -0.208. The lowest BCUT2D eigenvalue weighted by atomic mass is 9.76.